The van der Waals surface area contributed by atoms with Crippen molar-refractivity contribution >= 4 is 5.91 Å². The lowest BCUT2D eigenvalue weighted by Crippen LogP contribution is -2.48. The van der Waals surface area contributed by atoms with E-state index in [1.807, 2.05) is 37.4 Å². The van der Waals surface area contributed by atoms with E-state index in [1.54, 1.807) is 7.11 Å². The molecule has 2 N–H and O–H groups in total. The van der Waals surface area contributed by atoms with Crippen LogP contribution < -0.4 is 15.4 Å². The molecule has 1 aliphatic carbocycles. The van der Waals surface area contributed by atoms with E-state index in [4.69, 9.17) is 4.74 Å². The maximum Gasteiger partial charge on any atom is 0.237 e. The van der Waals surface area contributed by atoms with Crippen LogP contribution in [-0.2, 0) is 16.6 Å². The molecule has 0 spiro atoms. The first-order valence-corrected chi connectivity index (χ1v) is 9.81. The van der Waals surface area contributed by atoms with Crippen LogP contribution in [0, 0.1) is 0 Å². The summed E-state index contributed by atoms with van der Waals surface area (Å²) in [5, 5.41) is 6.39. The summed E-state index contributed by atoms with van der Waals surface area (Å²) in [6, 6.07) is 18.1. The van der Waals surface area contributed by atoms with Gasteiger partial charge < -0.3 is 15.4 Å². The predicted molar refractivity (Wildman–Crippen MR) is 109 cm³/mol. The summed E-state index contributed by atoms with van der Waals surface area (Å²) in [4.78, 5) is 12.9. The van der Waals surface area contributed by atoms with Gasteiger partial charge >= 0.3 is 0 Å². The number of carbonyl (C=O) groups excluding carboxylic acids is 1. The predicted octanol–water partition coefficient (Wildman–Crippen LogP) is 3.45. The Kier molecular flexibility index (Phi) is 6.51. The highest BCUT2D eigenvalue weighted by atomic mass is 16.5. The summed E-state index contributed by atoms with van der Waals surface area (Å²) in [5.41, 5.74) is 2.34. The molecule has 0 aliphatic heterocycles. The van der Waals surface area contributed by atoms with Crippen molar-refractivity contribution in [2.75, 3.05) is 20.7 Å². The van der Waals surface area contributed by atoms with Crippen molar-refractivity contribution in [2.45, 2.75) is 43.6 Å². The second-order valence-corrected chi connectivity index (χ2v) is 7.44. The lowest BCUT2D eigenvalue weighted by atomic mass is 9.78. The van der Waals surface area contributed by atoms with Gasteiger partial charge in [-0.15, -0.1) is 0 Å². The number of rotatable bonds is 8. The molecular weight excluding hydrogens is 336 g/mol. The Labute approximate surface area is 162 Å². The molecule has 0 aromatic heterocycles. The number of carbonyl (C=O) groups is 1. The largest absolute Gasteiger partial charge is 0.496 e. The number of methoxy groups -OCH3 is 1. The van der Waals surface area contributed by atoms with Gasteiger partial charge in [-0.05, 0) is 37.9 Å². The quantitative estimate of drug-likeness (QED) is 0.752. The second-order valence-electron chi connectivity index (χ2n) is 7.44. The molecule has 2 aromatic rings. The highest BCUT2D eigenvalue weighted by Gasteiger charge is 2.38. The minimum Gasteiger partial charge on any atom is -0.496 e. The van der Waals surface area contributed by atoms with Crippen LogP contribution in [-0.4, -0.2) is 32.7 Å². The highest BCUT2D eigenvalue weighted by molar-refractivity contribution is 5.82. The first-order valence-electron chi connectivity index (χ1n) is 9.81. The van der Waals surface area contributed by atoms with Crippen molar-refractivity contribution < 1.29 is 9.53 Å². The van der Waals surface area contributed by atoms with Crippen LogP contribution in [0.25, 0.3) is 0 Å². The van der Waals surface area contributed by atoms with Crippen molar-refractivity contribution in [3.05, 3.63) is 65.7 Å². The number of nitrogens with one attached hydrogen (secondary N) is 2. The topological polar surface area (TPSA) is 50.4 Å². The number of benzene rings is 2. The number of amides is 1. The summed E-state index contributed by atoms with van der Waals surface area (Å²) >= 11 is 0. The zero-order valence-corrected chi connectivity index (χ0v) is 16.3. The Hall–Kier alpha value is -2.33. The van der Waals surface area contributed by atoms with Gasteiger partial charge in [0.15, 0.2) is 0 Å². The van der Waals surface area contributed by atoms with E-state index < -0.39 is 0 Å². The minimum absolute atomic E-state index is 0.0344. The van der Waals surface area contributed by atoms with E-state index in [0.29, 0.717) is 13.0 Å². The smallest absolute Gasteiger partial charge is 0.237 e. The second kappa shape index (κ2) is 9.05. The third kappa shape index (κ3) is 4.51. The lowest BCUT2D eigenvalue weighted by Gasteiger charge is -2.32. The van der Waals surface area contributed by atoms with E-state index in [-0.39, 0.29) is 17.4 Å². The average molecular weight is 367 g/mol. The van der Waals surface area contributed by atoms with Crippen LogP contribution >= 0.6 is 0 Å². The van der Waals surface area contributed by atoms with Crippen LogP contribution in [0.5, 0.6) is 5.75 Å². The fraction of sp³-hybridized carbons (Fsp3) is 0.435. The third-order valence-electron chi connectivity index (χ3n) is 5.79. The summed E-state index contributed by atoms with van der Waals surface area (Å²) in [7, 11) is 3.57. The summed E-state index contributed by atoms with van der Waals surface area (Å²) in [5.74, 6) is 0.977. The molecule has 1 atom stereocenters. The first kappa shape index (κ1) is 19.4. The van der Waals surface area contributed by atoms with Gasteiger partial charge in [0.05, 0.1) is 13.2 Å². The SMILES string of the molecule is CNC(Cc1ccccc1)C(=O)NCC1(c2ccccc2OC)CCCC1. The average Bonchev–Trinajstić information content (AvgIpc) is 3.21. The third-order valence-corrected chi connectivity index (χ3v) is 5.79. The Morgan fingerprint density at radius 2 is 1.74 bits per heavy atom. The van der Waals surface area contributed by atoms with Crippen LogP contribution in [0.2, 0.25) is 0 Å². The monoisotopic (exact) mass is 366 g/mol. The molecule has 1 aliphatic rings. The molecule has 0 bridgehead atoms. The van der Waals surface area contributed by atoms with Gasteiger partial charge in [-0.2, -0.15) is 0 Å². The summed E-state index contributed by atoms with van der Waals surface area (Å²) in [6.45, 7) is 0.652. The summed E-state index contributed by atoms with van der Waals surface area (Å²) < 4.78 is 5.61. The van der Waals surface area contributed by atoms with Gasteiger partial charge in [-0.1, -0.05) is 61.4 Å². The molecule has 0 heterocycles. The zero-order valence-electron chi connectivity index (χ0n) is 16.3. The molecule has 0 radical (unpaired) electrons. The van der Waals surface area contributed by atoms with Crippen LogP contribution in [0.1, 0.15) is 36.8 Å². The van der Waals surface area contributed by atoms with Gasteiger partial charge in [0.1, 0.15) is 5.75 Å². The molecule has 27 heavy (non-hydrogen) atoms. The normalized spacial score (nSPS) is 16.7. The standard InChI is InChI=1S/C23H30N2O2/c1-24-20(16-18-10-4-3-5-11-18)22(26)25-17-23(14-8-9-15-23)19-12-6-7-13-21(19)27-2/h3-7,10-13,20,24H,8-9,14-17H2,1-2H3,(H,25,26). The number of likely N-dealkylation sites (N-methyl/N-ethyl adjacent to an activating group) is 1. The molecule has 4 nitrogen and oxygen atoms in total. The fourth-order valence-electron chi connectivity index (χ4n) is 4.23. The van der Waals surface area contributed by atoms with Gasteiger partial charge in [0, 0.05) is 17.5 Å². The maximum atomic E-state index is 12.9. The van der Waals surface area contributed by atoms with E-state index >= 15 is 0 Å². The zero-order chi connectivity index (χ0) is 19.1. The van der Waals surface area contributed by atoms with Crippen molar-refractivity contribution in [1.82, 2.24) is 10.6 Å². The highest BCUT2D eigenvalue weighted by Crippen LogP contribution is 2.44. The molecule has 4 heteroatoms. The minimum atomic E-state index is -0.233. The number of hydrogen-bond donors (Lipinski definition) is 2. The van der Waals surface area contributed by atoms with E-state index in [0.717, 1.165) is 24.2 Å². The van der Waals surface area contributed by atoms with E-state index in [2.05, 4.69) is 34.9 Å². The van der Waals surface area contributed by atoms with Crippen molar-refractivity contribution in [2.24, 2.45) is 0 Å². The molecule has 2 aromatic carbocycles. The molecule has 144 valence electrons. The van der Waals surface area contributed by atoms with Gasteiger partial charge in [-0.3, -0.25) is 4.79 Å². The van der Waals surface area contributed by atoms with Crippen molar-refractivity contribution in [3.63, 3.8) is 0 Å². The van der Waals surface area contributed by atoms with Crippen molar-refractivity contribution in [3.8, 4) is 5.75 Å². The first-order chi connectivity index (χ1) is 13.2. The molecule has 1 unspecified atom stereocenters. The van der Waals surface area contributed by atoms with Crippen LogP contribution in [0.3, 0.4) is 0 Å². The van der Waals surface area contributed by atoms with Crippen molar-refractivity contribution in [1.29, 1.82) is 0 Å². The molecule has 1 saturated carbocycles. The molecule has 1 fully saturated rings. The number of ether oxygens (including phenoxy) is 1. The molecule has 3 rings (SSSR count). The maximum absolute atomic E-state index is 12.9. The number of hydrogen-bond acceptors (Lipinski definition) is 3. The Morgan fingerprint density at radius 1 is 1.07 bits per heavy atom. The van der Waals surface area contributed by atoms with Gasteiger partial charge in [-0.25, -0.2) is 0 Å². The van der Waals surface area contributed by atoms with Crippen LogP contribution in [0.15, 0.2) is 54.6 Å². The van der Waals surface area contributed by atoms with Crippen LogP contribution in [0.4, 0.5) is 0 Å². The number of para-hydroxylation sites is 1. The molecular formula is C23H30N2O2. The Morgan fingerprint density at radius 3 is 2.41 bits per heavy atom. The molecule has 1 amide bonds. The Bertz CT molecular complexity index is 739. The fourth-order valence-corrected chi connectivity index (χ4v) is 4.23. The van der Waals surface area contributed by atoms with Gasteiger partial charge in [0.25, 0.3) is 0 Å². The van der Waals surface area contributed by atoms with E-state index in [9.17, 15) is 4.79 Å². The van der Waals surface area contributed by atoms with E-state index in [1.165, 1.54) is 18.4 Å². The summed E-state index contributed by atoms with van der Waals surface area (Å²) in [6.07, 6.45) is 5.22. The lowest BCUT2D eigenvalue weighted by molar-refractivity contribution is -0.123. The Balaban J connectivity index is 1.71. The molecule has 0 saturated heterocycles. The van der Waals surface area contributed by atoms with Gasteiger partial charge in [0.2, 0.25) is 5.91 Å².